The maximum absolute atomic E-state index is 5.63. The molecule has 0 fully saturated rings. The molecule has 0 amide bonds. The van der Waals surface area contributed by atoms with Crippen LogP contribution in [0.2, 0.25) is 0 Å². The van der Waals surface area contributed by atoms with Gasteiger partial charge < -0.3 is 4.74 Å². The summed E-state index contributed by atoms with van der Waals surface area (Å²) in [5.74, 6) is 0.774. The van der Waals surface area contributed by atoms with Gasteiger partial charge in [-0.25, -0.2) is 0 Å². The molecule has 2 aromatic heterocycles. The predicted octanol–water partition coefficient (Wildman–Crippen LogP) is 3.26. The van der Waals surface area contributed by atoms with Gasteiger partial charge in [0, 0.05) is 23.3 Å². The fraction of sp³-hybridized carbons (Fsp3) is 0.231. The highest BCUT2D eigenvalue weighted by molar-refractivity contribution is 9.08. The normalized spacial score (nSPS) is 10.2. The Labute approximate surface area is 109 Å². The van der Waals surface area contributed by atoms with Crippen molar-refractivity contribution in [2.45, 2.75) is 18.9 Å². The molecule has 3 nitrogen and oxygen atoms in total. The van der Waals surface area contributed by atoms with Crippen molar-refractivity contribution in [1.29, 1.82) is 0 Å². The molecule has 0 radical (unpaired) electrons. The molecule has 0 N–H and O–H groups in total. The van der Waals surface area contributed by atoms with Crippen molar-refractivity contribution in [3.63, 3.8) is 0 Å². The summed E-state index contributed by atoms with van der Waals surface area (Å²) >= 11 is 3.35. The standard InChI is InChI=1S/C13H13BrN2O/c1-10-4-11(7-15-6-10)9-17-13-3-2-12(5-14)16-8-13/h2-4,6-8H,5,9H2,1H3. The summed E-state index contributed by atoms with van der Waals surface area (Å²) < 4.78 is 5.63. The molecular formula is C13H13BrN2O. The van der Waals surface area contributed by atoms with Gasteiger partial charge in [0.1, 0.15) is 12.4 Å². The number of alkyl halides is 1. The molecule has 2 aromatic rings. The highest BCUT2D eigenvalue weighted by Gasteiger charge is 1.98. The van der Waals surface area contributed by atoms with Crippen LogP contribution in [0.5, 0.6) is 5.75 Å². The van der Waals surface area contributed by atoms with Crippen LogP contribution in [-0.2, 0) is 11.9 Å². The summed E-state index contributed by atoms with van der Waals surface area (Å²) in [5, 5.41) is 0.759. The molecule has 2 heterocycles. The van der Waals surface area contributed by atoms with Gasteiger partial charge in [-0.3, -0.25) is 9.97 Å². The van der Waals surface area contributed by atoms with Crippen LogP contribution in [0.4, 0.5) is 0 Å². The van der Waals surface area contributed by atoms with E-state index in [4.69, 9.17) is 4.74 Å². The third kappa shape index (κ3) is 3.53. The lowest BCUT2D eigenvalue weighted by Crippen LogP contribution is -1.97. The van der Waals surface area contributed by atoms with E-state index in [1.807, 2.05) is 31.5 Å². The molecular weight excluding hydrogens is 280 g/mol. The van der Waals surface area contributed by atoms with Crippen molar-refractivity contribution in [2.24, 2.45) is 0 Å². The average molecular weight is 293 g/mol. The quantitative estimate of drug-likeness (QED) is 0.812. The van der Waals surface area contributed by atoms with Gasteiger partial charge in [-0.1, -0.05) is 15.9 Å². The lowest BCUT2D eigenvalue weighted by molar-refractivity contribution is 0.304. The minimum absolute atomic E-state index is 0.518. The average Bonchev–Trinajstić information content (AvgIpc) is 2.37. The molecule has 2 rings (SSSR count). The largest absolute Gasteiger partial charge is 0.487 e. The number of pyridine rings is 2. The van der Waals surface area contributed by atoms with Crippen LogP contribution in [0, 0.1) is 6.92 Å². The number of halogens is 1. The first-order valence-electron chi connectivity index (χ1n) is 5.32. The van der Waals surface area contributed by atoms with Crippen molar-refractivity contribution in [1.82, 2.24) is 9.97 Å². The third-order valence-corrected chi connectivity index (χ3v) is 2.85. The Bertz CT molecular complexity index is 485. The predicted molar refractivity (Wildman–Crippen MR) is 70.2 cm³/mol. The van der Waals surface area contributed by atoms with Crippen LogP contribution in [0.3, 0.4) is 0 Å². The number of ether oxygens (including phenoxy) is 1. The Morgan fingerprint density at radius 2 is 2.12 bits per heavy atom. The minimum atomic E-state index is 0.518. The highest BCUT2D eigenvalue weighted by atomic mass is 79.9. The van der Waals surface area contributed by atoms with E-state index < -0.39 is 0 Å². The molecule has 0 aliphatic rings. The lowest BCUT2D eigenvalue weighted by Gasteiger charge is -2.06. The Hall–Kier alpha value is -1.42. The second kappa shape index (κ2) is 5.77. The summed E-state index contributed by atoms with van der Waals surface area (Å²) in [6.45, 7) is 2.53. The van der Waals surface area contributed by atoms with Crippen molar-refractivity contribution < 1.29 is 4.74 Å². The molecule has 0 saturated carbocycles. The van der Waals surface area contributed by atoms with Gasteiger partial charge in [-0.15, -0.1) is 0 Å². The molecule has 0 atom stereocenters. The van der Waals surface area contributed by atoms with Crippen LogP contribution in [0.25, 0.3) is 0 Å². The fourth-order valence-electron chi connectivity index (χ4n) is 1.44. The van der Waals surface area contributed by atoms with E-state index in [1.165, 1.54) is 0 Å². The number of aromatic nitrogens is 2. The number of rotatable bonds is 4. The zero-order chi connectivity index (χ0) is 12.1. The fourth-order valence-corrected chi connectivity index (χ4v) is 1.77. The highest BCUT2D eigenvalue weighted by Crippen LogP contribution is 2.13. The molecule has 0 saturated heterocycles. The Morgan fingerprint density at radius 3 is 2.76 bits per heavy atom. The van der Waals surface area contributed by atoms with E-state index in [1.54, 1.807) is 6.20 Å². The number of hydrogen-bond acceptors (Lipinski definition) is 3. The molecule has 0 aliphatic carbocycles. The molecule has 88 valence electrons. The summed E-state index contributed by atoms with van der Waals surface area (Å²) in [5.41, 5.74) is 3.20. The molecule has 0 bridgehead atoms. The van der Waals surface area contributed by atoms with Crippen LogP contribution in [0.15, 0.2) is 36.8 Å². The van der Waals surface area contributed by atoms with E-state index >= 15 is 0 Å². The zero-order valence-electron chi connectivity index (χ0n) is 9.56. The number of aryl methyl sites for hydroxylation is 1. The second-order valence-corrected chi connectivity index (χ2v) is 4.34. The van der Waals surface area contributed by atoms with Gasteiger partial charge in [0.15, 0.2) is 0 Å². The third-order valence-electron chi connectivity index (χ3n) is 2.27. The Balaban J connectivity index is 1.97. The van der Waals surface area contributed by atoms with Crippen molar-refractivity contribution in [3.8, 4) is 5.75 Å². The maximum atomic E-state index is 5.63. The molecule has 4 heteroatoms. The number of nitrogens with zero attached hydrogens (tertiary/aromatic N) is 2. The van der Waals surface area contributed by atoms with Gasteiger partial charge in [0.05, 0.1) is 11.9 Å². The van der Waals surface area contributed by atoms with E-state index in [0.717, 1.165) is 27.9 Å². The monoisotopic (exact) mass is 292 g/mol. The van der Waals surface area contributed by atoms with E-state index in [9.17, 15) is 0 Å². The first kappa shape index (κ1) is 12.0. The molecule has 0 aromatic carbocycles. The summed E-state index contributed by atoms with van der Waals surface area (Å²) in [4.78, 5) is 8.36. The molecule has 0 unspecified atom stereocenters. The van der Waals surface area contributed by atoms with Crippen molar-refractivity contribution in [3.05, 3.63) is 53.6 Å². The van der Waals surface area contributed by atoms with Gasteiger partial charge in [0.2, 0.25) is 0 Å². The van der Waals surface area contributed by atoms with Gasteiger partial charge in [0.25, 0.3) is 0 Å². The molecule has 17 heavy (non-hydrogen) atoms. The van der Waals surface area contributed by atoms with Crippen LogP contribution in [0.1, 0.15) is 16.8 Å². The van der Waals surface area contributed by atoms with Crippen LogP contribution < -0.4 is 4.74 Å². The Kier molecular flexibility index (Phi) is 4.09. The van der Waals surface area contributed by atoms with E-state index in [2.05, 4.69) is 32.0 Å². The molecule has 0 aliphatic heterocycles. The first-order chi connectivity index (χ1) is 8.28. The van der Waals surface area contributed by atoms with Gasteiger partial charge in [-0.2, -0.15) is 0 Å². The van der Waals surface area contributed by atoms with E-state index in [0.29, 0.717) is 6.61 Å². The minimum Gasteiger partial charge on any atom is -0.487 e. The smallest absolute Gasteiger partial charge is 0.138 e. The number of hydrogen-bond donors (Lipinski definition) is 0. The molecule has 0 spiro atoms. The van der Waals surface area contributed by atoms with Crippen LogP contribution >= 0.6 is 15.9 Å². The SMILES string of the molecule is Cc1cncc(COc2ccc(CBr)nc2)c1. The van der Waals surface area contributed by atoms with Crippen molar-refractivity contribution in [2.75, 3.05) is 0 Å². The lowest BCUT2D eigenvalue weighted by atomic mass is 10.2. The Morgan fingerprint density at radius 1 is 1.24 bits per heavy atom. The first-order valence-corrected chi connectivity index (χ1v) is 6.44. The summed E-state index contributed by atoms with van der Waals surface area (Å²) in [6, 6.07) is 5.93. The van der Waals surface area contributed by atoms with Gasteiger partial charge >= 0.3 is 0 Å². The topological polar surface area (TPSA) is 35.0 Å². The van der Waals surface area contributed by atoms with Crippen molar-refractivity contribution >= 4 is 15.9 Å². The van der Waals surface area contributed by atoms with Crippen LogP contribution in [-0.4, -0.2) is 9.97 Å². The summed E-state index contributed by atoms with van der Waals surface area (Å²) in [6.07, 6.45) is 5.38. The van der Waals surface area contributed by atoms with Gasteiger partial charge in [-0.05, 0) is 30.7 Å². The van der Waals surface area contributed by atoms with E-state index in [-0.39, 0.29) is 0 Å². The summed E-state index contributed by atoms with van der Waals surface area (Å²) in [7, 11) is 0. The zero-order valence-corrected chi connectivity index (χ0v) is 11.1. The second-order valence-electron chi connectivity index (χ2n) is 3.78. The maximum Gasteiger partial charge on any atom is 0.138 e.